The van der Waals surface area contributed by atoms with E-state index in [4.69, 9.17) is 0 Å². The van der Waals surface area contributed by atoms with E-state index in [9.17, 15) is 5.11 Å². The average molecular weight is 239 g/mol. The molecular formula is C15H29NO. The van der Waals surface area contributed by atoms with Crippen molar-refractivity contribution >= 4 is 0 Å². The van der Waals surface area contributed by atoms with Gasteiger partial charge in [-0.1, -0.05) is 40.0 Å². The second kappa shape index (κ2) is 5.27. The van der Waals surface area contributed by atoms with Gasteiger partial charge in [0, 0.05) is 12.1 Å². The second-order valence-electron chi connectivity index (χ2n) is 7.13. The monoisotopic (exact) mass is 239 g/mol. The van der Waals surface area contributed by atoms with E-state index >= 15 is 0 Å². The molecule has 4 unspecified atom stereocenters. The first-order chi connectivity index (χ1) is 7.98. The minimum atomic E-state index is -0.117. The molecule has 2 aliphatic carbocycles. The quantitative estimate of drug-likeness (QED) is 0.726. The molecule has 2 heteroatoms. The number of hydrogen-bond acceptors (Lipinski definition) is 2. The molecule has 0 aromatic heterocycles. The number of aliphatic hydroxyl groups is 1. The molecule has 0 spiro atoms. The fourth-order valence-electron chi connectivity index (χ4n) is 3.87. The van der Waals surface area contributed by atoms with Gasteiger partial charge < -0.3 is 10.4 Å². The lowest BCUT2D eigenvalue weighted by molar-refractivity contribution is 0.110. The van der Waals surface area contributed by atoms with Crippen molar-refractivity contribution in [2.24, 2.45) is 11.3 Å². The van der Waals surface area contributed by atoms with Crippen molar-refractivity contribution in [2.45, 2.75) is 83.9 Å². The molecule has 0 aromatic carbocycles. The number of rotatable bonds is 2. The Balaban J connectivity index is 1.91. The molecule has 2 nitrogen and oxygen atoms in total. The van der Waals surface area contributed by atoms with Crippen LogP contribution in [0.5, 0.6) is 0 Å². The fraction of sp³-hybridized carbons (Fsp3) is 1.00. The third-order valence-corrected chi connectivity index (χ3v) is 4.74. The lowest BCUT2D eigenvalue weighted by Crippen LogP contribution is -2.46. The Bertz CT molecular complexity index is 247. The zero-order valence-electron chi connectivity index (χ0n) is 11.7. The van der Waals surface area contributed by atoms with Crippen LogP contribution >= 0.6 is 0 Å². The molecule has 2 aliphatic rings. The van der Waals surface area contributed by atoms with E-state index < -0.39 is 0 Å². The van der Waals surface area contributed by atoms with E-state index in [-0.39, 0.29) is 6.10 Å². The molecular weight excluding hydrogens is 210 g/mol. The Morgan fingerprint density at radius 3 is 2.35 bits per heavy atom. The molecule has 0 aliphatic heterocycles. The van der Waals surface area contributed by atoms with Gasteiger partial charge in [-0.25, -0.2) is 0 Å². The molecule has 2 saturated carbocycles. The third kappa shape index (κ3) is 3.45. The molecule has 17 heavy (non-hydrogen) atoms. The van der Waals surface area contributed by atoms with Crippen molar-refractivity contribution in [3.63, 3.8) is 0 Å². The van der Waals surface area contributed by atoms with Gasteiger partial charge >= 0.3 is 0 Å². The van der Waals surface area contributed by atoms with E-state index in [1.54, 1.807) is 0 Å². The predicted octanol–water partition coefficient (Wildman–Crippen LogP) is 3.09. The maximum Gasteiger partial charge on any atom is 0.0693 e. The number of aliphatic hydroxyl groups excluding tert-OH is 1. The molecule has 2 N–H and O–H groups in total. The van der Waals surface area contributed by atoms with Gasteiger partial charge in [0.2, 0.25) is 0 Å². The van der Waals surface area contributed by atoms with Gasteiger partial charge in [0.05, 0.1) is 6.10 Å². The zero-order valence-corrected chi connectivity index (χ0v) is 11.7. The fourth-order valence-corrected chi connectivity index (χ4v) is 3.87. The molecule has 100 valence electrons. The summed E-state index contributed by atoms with van der Waals surface area (Å²) in [6.45, 7) is 7.10. The van der Waals surface area contributed by atoms with E-state index in [1.807, 2.05) is 0 Å². The highest BCUT2D eigenvalue weighted by molar-refractivity contribution is 4.94. The topological polar surface area (TPSA) is 32.3 Å². The number of hydrogen-bond donors (Lipinski definition) is 2. The predicted molar refractivity (Wildman–Crippen MR) is 72.0 cm³/mol. The summed E-state index contributed by atoms with van der Waals surface area (Å²) in [7, 11) is 0. The summed E-state index contributed by atoms with van der Waals surface area (Å²) < 4.78 is 0. The van der Waals surface area contributed by atoms with Crippen LogP contribution in [0.2, 0.25) is 0 Å². The van der Waals surface area contributed by atoms with Crippen LogP contribution in [0.4, 0.5) is 0 Å². The van der Waals surface area contributed by atoms with Crippen LogP contribution in [0.3, 0.4) is 0 Å². The summed E-state index contributed by atoms with van der Waals surface area (Å²) in [5.74, 6) is 0.750. The first kappa shape index (κ1) is 13.4. The number of nitrogens with one attached hydrogen (secondary N) is 1. The highest BCUT2D eigenvalue weighted by Gasteiger charge is 2.38. The summed E-state index contributed by atoms with van der Waals surface area (Å²) in [4.78, 5) is 0. The van der Waals surface area contributed by atoms with Crippen LogP contribution in [0.25, 0.3) is 0 Å². The van der Waals surface area contributed by atoms with Gasteiger partial charge in [-0.3, -0.25) is 0 Å². The Kier molecular flexibility index (Phi) is 4.14. The molecule has 0 heterocycles. The minimum absolute atomic E-state index is 0.117. The van der Waals surface area contributed by atoms with Crippen molar-refractivity contribution in [1.82, 2.24) is 5.32 Å². The van der Waals surface area contributed by atoms with Gasteiger partial charge in [0.25, 0.3) is 0 Å². The summed E-state index contributed by atoms with van der Waals surface area (Å²) in [5, 5.41) is 13.9. The van der Waals surface area contributed by atoms with Crippen molar-refractivity contribution in [3.05, 3.63) is 0 Å². The van der Waals surface area contributed by atoms with Crippen molar-refractivity contribution in [2.75, 3.05) is 0 Å². The lowest BCUT2D eigenvalue weighted by atomic mass is 9.91. The molecule has 2 rings (SSSR count). The normalized spacial score (nSPS) is 42.4. The van der Waals surface area contributed by atoms with Gasteiger partial charge in [-0.05, 0) is 37.0 Å². The smallest absolute Gasteiger partial charge is 0.0693 e. The first-order valence-corrected chi connectivity index (χ1v) is 7.42. The van der Waals surface area contributed by atoms with Crippen molar-refractivity contribution in [1.29, 1.82) is 0 Å². The maximum atomic E-state index is 10.2. The van der Waals surface area contributed by atoms with Gasteiger partial charge in [0.1, 0.15) is 0 Å². The van der Waals surface area contributed by atoms with Gasteiger partial charge in [-0.15, -0.1) is 0 Å². The molecule has 4 atom stereocenters. The van der Waals surface area contributed by atoms with Crippen LogP contribution in [0, 0.1) is 11.3 Å². The second-order valence-corrected chi connectivity index (χ2v) is 7.13. The maximum absolute atomic E-state index is 10.2. The first-order valence-electron chi connectivity index (χ1n) is 7.42. The van der Waals surface area contributed by atoms with E-state index in [1.165, 1.54) is 32.1 Å². The van der Waals surface area contributed by atoms with Crippen LogP contribution < -0.4 is 5.32 Å². The lowest BCUT2D eigenvalue weighted by Gasteiger charge is -2.28. The average Bonchev–Trinajstić information content (AvgIpc) is 2.38. The van der Waals surface area contributed by atoms with E-state index in [2.05, 4.69) is 26.1 Å². The van der Waals surface area contributed by atoms with Crippen molar-refractivity contribution in [3.8, 4) is 0 Å². The summed E-state index contributed by atoms with van der Waals surface area (Å²) in [6, 6.07) is 0.960. The Hall–Kier alpha value is -0.0800. The van der Waals surface area contributed by atoms with Gasteiger partial charge in [-0.2, -0.15) is 0 Å². The molecule has 0 radical (unpaired) electrons. The highest BCUT2D eigenvalue weighted by atomic mass is 16.3. The van der Waals surface area contributed by atoms with E-state index in [0.717, 1.165) is 18.8 Å². The Morgan fingerprint density at radius 1 is 1.00 bits per heavy atom. The molecule has 0 saturated heterocycles. The van der Waals surface area contributed by atoms with Crippen LogP contribution in [0.1, 0.15) is 65.7 Å². The third-order valence-electron chi connectivity index (χ3n) is 4.74. The SMILES string of the molecule is CC1CC(C)(C)CC1NC1CCCCCC1O. The standard InChI is InChI=1S/C15H29NO/c1-11-9-15(2,3)10-13(11)16-12-7-5-4-6-8-14(12)17/h11-14,16-17H,4-10H2,1-3H3. The largest absolute Gasteiger partial charge is 0.392 e. The summed E-state index contributed by atoms with van der Waals surface area (Å²) in [6.07, 6.45) is 8.37. The molecule has 2 fully saturated rings. The van der Waals surface area contributed by atoms with E-state index in [0.29, 0.717) is 17.5 Å². The highest BCUT2D eigenvalue weighted by Crippen LogP contribution is 2.41. The Morgan fingerprint density at radius 2 is 1.71 bits per heavy atom. The van der Waals surface area contributed by atoms with Crippen LogP contribution in [-0.4, -0.2) is 23.3 Å². The van der Waals surface area contributed by atoms with Gasteiger partial charge in [0.15, 0.2) is 0 Å². The zero-order chi connectivity index (χ0) is 12.5. The Labute approximate surface area is 106 Å². The van der Waals surface area contributed by atoms with Crippen LogP contribution in [0.15, 0.2) is 0 Å². The van der Waals surface area contributed by atoms with Crippen LogP contribution in [-0.2, 0) is 0 Å². The molecule has 0 amide bonds. The summed E-state index contributed by atoms with van der Waals surface area (Å²) in [5.41, 5.74) is 0.479. The summed E-state index contributed by atoms with van der Waals surface area (Å²) >= 11 is 0. The molecule has 0 bridgehead atoms. The molecule has 0 aromatic rings. The minimum Gasteiger partial charge on any atom is -0.392 e. The van der Waals surface area contributed by atoms with Crippen molar-refractivity contribution < 1.29 is 5.11 Å².